The molecule has 1 unspecified atom stereocenters. The van der Waals surface area contributed by atoms with E-state index in [0.29, 0.717) is 11.9 Å². The van der Waals surface area contributed by atoms with Crippen LogP contribution in [0.2, 0.25) is 0 Å². The molecule has 0 aromatic carbocycles. The molecule has 0 aliphatic heterocycles. The zero-order valence-corrected chi connectivity index (χ0v) is 8.60. The molecule has 1 aliphatic rings. The number of nitrogens with zero attached hydrogens (tertiary/aromatic N) is 2. The Hall–Kier alpha value is -1.65. The normalized spacial score (nSPS) is 16.9. The summed E-state index contributed by atoms with van der Waals surface area (Å²) < 4.78 is 0. The Labute approximate surface area is 88.3 Å². The summed E-state index contributed by atoms with van der Waals surface area (Å²) in [4.78, 5) is 19.4. The van der Waals surface area contributed by atoms with Crippen molar-refractivity contribution in [3.05, 3.63) is 18.6 Å². The van der Waals surface area contributed by atoms with Crippen molar-refractivity contribution in [2.24, 2.45) is 0 Å². The van der Waals surface area contributed by atoms with Crippen LogP contribution in [0.1, 0.15) is 19.8 Å². The maximum atomic E-state index is 11.6. The predicted molar refractivity (Wildman–Crippen MR) is 56.3 cm³/mol. The van der Waals surface area contributed by atoms with E-state index in [0.717, 1.165) is 12.8 Å². The largest absolute Gasteiger partial charge is 0.359 e. The number of rotatable bonds is 4. The van der Waals surface area contributed by atoms with Gasteiger partial charge >= 0.3 is 0 Å². The predicted octanol–water partition coefficient (Wildman–Crippen LogP) is 0.556. The van der Waals surface area contributed by atoms with E-state index in [-0.39, 0.29) is 11.9 Å². The molecule has 0 spiro atoms. The molecule has 5 heteroatoms. The fourth-order valence-electron chi connectivity index (χ4n) is 1.22. The van der Waals surface area contributed by atoms with Crippen molar-refractivity contribution in [1.29, 1.82) is 0 Å². The Kier molecular flexibility index (Phi) is 2.80. The van der Waals surface area contributed by atoms with Crippen LogP contribution in [0.15, 0.2) is 18.6 Å². The van der Waals surface area contributed by atoms with Crippen LogP contribution in [0.5, 0.6) is 0 Å². The Morgan fingerprint density at radius 1 is 1.60 bits per heavy atom. The lowest BCUT2D eigenvalue weighted by Crippen LogP contribution is -2.38. The van der Waals surface area contributed by atoms with E-state index in [2.05, 4.69) is 20.6 Å². The standard InChI is InChI=1S/C10H14N4O/c1-7(10(15)14-8-2-3-8)13-9-4-5-11-6-12-9/h4-8H,2-3H2,1H3,(H,14,15)(H,11,12,13). The average Bonchev–Trinajstić information content (AvgIpc) is 3.03. The molecule has 2 rings (SSSR count). The van der Waals surface area contributed by atoms with Crippen molar-refractivity contribution >= 4 is 11.7 Å². The summed E-state index contributed by atoms with van der Waals surface area (Å²) >= 11 is 0. The second-order valence-electron chi connectivity index (χ2n) is 3.74. The van der Waals surface area contributed by atoms with Crippen molar-refractivity contribution in [2.45, 2.75) is 31.8 Å². The van der Waals surface area contributed by atoms with Crippen LogP contribution in [-0.4, -0.2) is 28.0 Å². The molecule has 1 atom stereocenters. The summed E-state index contributed by atoms with van der Waals surface area (Å²) in [5.41, 5.74) is 0. The minimum atomic E-state index is -0.263. The number of amides is 1. The third-order valence-electron chi connectivity index (χ3n) is 2.26. The molecule has 1 amide bonds. The van der Waals surface area contributed by atoms with Crippen molar-refractivity contribution in [2.75, 3.05) is 5.32 Å². The van der Waals surface area contributed by atoms with Crippen LogP contribution >= 0.6 is 0 Å². The number of hydrogen-bond acceptors (Lipinski definition) is 4. The molecule has 80 valence electrons. The Morgan fingerprint density at radius 2 is 2.40 bits per heavy atom. The van der Waals surface area contributed by atoms with Crippen LogP contribution in [0.3, 0.4) is 0 Å². The molecule has 0 radical (unpaired) electrons. The molecule has 2 N–H and O–H groups in total. The van der Waals surface area contributed by atoms with E-state index < -0.39 is 0 Å². The summed E-state index contributed by atoms with van der Waals surface area (Å²) in [5.74, 6) is 0.694. The SMILES string of the molecule is CC(Nc1ccncn1)C(=O)NC1CC1. The number of carbonyl (C=O) groups is 1. The second-order valence-corrected chi connectivity index (χ2v) is 3.74. The van der Waals surface area contributed by atoms with Gasteiger partial charge in [0.25, 0.3) is 0 Å². The maximum Gasteiger partial charge on any atom is 0.242 e. The van der Waals surface area contributed by atoms with E-state index >= 15 is 0 Å². The summed E-state index contributed by atoms with van der Waals surface area (Å²) in [6, 6.07) is 1.87. The van der Waals surface area contributed by atoms with Gasteiger partial charge in [-0.15, -0.1) is 0 Å². The first-order valence-corrected chi connectivity index (χ1v) is 5.08. The smallest absolute Gasteiger partial charge is 0.242 e. The van der Waals surface area contributed by atoms with Gasteiger partial charge in [0.15, 0.2) is 0 Å². The minimum absolute atomic E-state index is 0.0242. The highest BCUT2D eigenvalue weighted by atomic mass is 16.2. The zero-order chi connectivity index (χ0) is 10.7. The van der Waals surface area contributed by atoms with Gasteiger partial charge in [-0.25, -0.2) is 9.97 Å². The maximum absolute atomic E-state index is 11.6. The highest BCUT2D eigenvalue weighted by Gasteiger charge is 2.25. The molecular weight excluding hydrogens is 192 g/mol. The Balaban J connectivity index is 1.85. The van der Waals surface area contributed by atoms with E-state index in [1.165, 1.54) is 6.33 Å². The van der Waals surface area contributed by atoms with E-state index in [1.54, 1.807) is 12.3 Å². The second kappa shape index (κ2) is 4.25. The minimum Gasteiger partial charge on any atom is -0.359 e. The molecular formula is C10H14N4O. The van der Waals surface area contributed by atoms with Crippen LogP contribution in [0, 0.1) is 0 Å². The first kappa shape index (κ1) is 9.89. The molecule has 15 heavy (non-hydrogen) atoms. The van der Waals surface area contributed by atoms with E-state index in [1.807, 2.05) is 6.92 Å². The quantitative estimate of drug-likeness (QED) is 0.755. The average molecular weight is 206 g/mol. The van der Waals surface area contributed by atoms with Gasteiger partial charge in [0, 0.05) is 12.2 Å². The number of carbonyl (C=O) groups excluding carboxylic acids is 1. The van der Waals surface area contributed by atoms with Crippen LogP contribution in [0.25, 0.3) is 0 Å². The van der Waals surface area contributed by atoms with Crippen LogP contribution in [-0.2, 0) is 4.79 Å². The van der Waals surface area contributed by atoms with Gasteiger partial charge in [0.2, 0.25) is 5.91 Å². The highest BCUT2D eigenvalue weighted by molar-refractivity contribution is 5.84. The summed E-state index contributed by atoms with van der Waals surface area (Å²) in [5, 5.41) is 5.94. The van der Waals surface area contributed by atoms with Crippen LogP contribution in [0.4, 0.5) is 5.82 Å². The fourth-order valence-corrected chi connectivity index (χ4v) is 1.22. The summed E-state index contributed by atoms with van der Waals surface area (Å²) in [6.45, 7) is 1.82. The van der Waals surface area contributed by atoms with Gasteiger partial charge in [0.05, 0.1) is 0 Å². The van der Waals surface area contributed by atoms with E-state index in [4.69, 9.17) is 0 Å². The molecule has 1 aromatic heterocycles. The highest BCUT2D eigenvalue weighted by Crippen LogP contribution is 2.18. The van der Waals surface area contributed by atoms with E-state index in [9.17, 15) is 4.79 Å². The Morgan fingerprint density at radius 3 is 3.00 bits per heavy atom. The summed E-state index contributed by atoms with van der Waals surface area (Å²) in [7, 11) is 0. The monoisotopic (exact) mass is 206 g/mol. The Bertz CT molecular complexity index is 337. The molecule has 0 saturated heterocycles. The lowest BCUT2D eigenvalue weighted by molar-refractivity contribution is -0.121. The topological polar surface area (TPSA) is 66.9 Å². The third kappa shape index (κ3) is 2.90. The number of nitrogens with one attached hydrogen (secondary N) is 2. The first-order valence-electron chi connectivity index (χ1n) is 5.08. The first-order chi connectivity index (χ1) is 7.25. The van der Waals surface area contributed by atoms with Crippen molar-refractivity contribution in [3.8, 4) is 0 Å². The van der Waals surface area contributed by atoms with Crippen molar-refractivity contribution in [3.63, 3.8) is 0 Å². The molecule has 1 heterocycles. The zero-order valence-electron chi connectivity index (χ0n) is 8.60. The molecule has 5 nitrogen and oxygen atoms in total. The van der Waals surface area contributed by atoms with Gasteiger partial charge in [-0.2, -0.15) is 0 Å². The molecule has 1 aliphatic carbocycles. The molecule has 0 bridgehead atoms. The van der Waals surface area contributed by atoms with Crippen LogP contribution < -0.4 is 10.6 Å². The van der Waals surface area contributed by atoms with Gasteiger partial charge in [-0.3, -0.25) is 4.79 Å². The molecule has 1 aromatic rings. The van der Waals surface area contributed by atoms with Crippen molar-refractivity contribution in [1.82, 2.24) is 15.3 Å². The lowest BCUT2D eigenvalue weighted by atomic mass is 10.3. The molecule has 1 fully saturated rings. The third-order valence-corrected chi connectivity index (χ3v) is 2.26. The van der Waals surface area contributed by atoms with Gasteiger partial charge in [-0.05, 0) is 25.8 Å². The van der Waals surface area contributed by atoms with Crippen molar-refractivity contribution < 1.29 is 4.79 Å². The number of anilines is 1. The van der Waals surface area contributed by atoms with Gasteiger partial charge in [-0.1, -0.05) is 0 Å². The molecule has 1 saturated carbocycles. The van der Waals surface area contributed by atoms with Gasteiger partial charge < -0.3 is 10.6 Å². The lowest BCUT2D eigenvalue weighted by Gasteiger charge is -2.13. The number of hydrogen-bond donors (Lipinski definition) is 2. The number of aromatic nitrogens is 2. The summed E-state index contributed by atoms with van der Waals surface area (Å²) in [6.07, 6.45) is 5.30. The fraction of sp³-hybridized carbons (Fsp3) is 0.500. The van der Waals surface area contributed by atoms with Gasteiger partial charge in [0.1, 0.15) is 18.2 Å².